The van der Waals surface area contributed by atoms with E-state index in [0.717, 1.165) is 23.4 Å². The molecular formula is C16H18Cl2N2. The van der Waals surface area contributed by atoms with Crippen molar-refractivity contribution in [1.82, 2.24) is 10.3 Å². The van der Waals surface area contributed by atoms with E-state index < -0.39 is 0 Å². The molecule has 2 nitrogen and oxygen atoms in total. The number of nitrogens with zero attached hydrogens (tertiary/aromatic N) is 1. The van der Waals surface area contributed by atoms with Crippen molar-refractivity contribution >= 4 is 23.2 Å². The van der Waals surface area contributed by atoms with Gasteiger partial charge in [-0.2, -0.15) is 0 Å². The zero-order valence-electron chi connectivity index (χ0n) is 11.9. The Kier molecular flexibility index (Phi) is 5.03. The number of hydrogen-bond acceptors (Lipinski definition) is 2. The molecule has 2 rings (SSSR count). The first-order chi connectivity index (χ1) is 9.52. The quantitative estimate of drug-likeness (QED) is 0.899. The lowest BCUT2D eigenvalue weighted by molar-refractivity contribution is 0.585. The molecule has 1 aromatic heterocycles. The highest BCUT2D eigenvalue weighted by Crippen LogP contribution is 2.30. The van der Waals surface area contributed by atoms with Crippen LogP contribution in [0.2, 0.25) is 10.0 Å². The van der Waals surface area contributed by atoms with Crippen molar-refractivity contribution in [3.8, 4) is 0 Å². The number of rotatable bonds is 4. The SMILES string of the molecule is CNC(Cc1c(Cl)cccc1Cl)c1ccc(C)nc1C. The molecule has 1 heterocycles. The van der Waals surface area contributed by atoms with E-state index in [1.54, 1.807) is 0 Å². The number of aromatic nitrogens is 1. The molecule has 0 spiro atoms. The van der Waals surface area contributed by atoms with Crippen LogP contribution in [0.25, 0.3) is 0 Å². The van der Waals surface area contributed by atoms with Crippen LogP contribution < -0.4 is 5.32 Å². The Bertz CT molecular complexity index is 591. The van der Waals surface area contributed by atoms with Crippen molar-refractivity contribution in [1.29, 1.82) is 0 Å². The molecule has 0 amide bonds. The predicted octanol–water partition coefficient (Wildman–Crippen LogP) is 4.51. The van der Waals surface area contributed by atoms with E-state index in [2.05, 4.69) is 16.4 Å². The van der Waals surface area contributed by atoms with Crippen molar-refractivity contribution in [3.05, 3.63) is 62.9 Å². The molecular weight excluding hydrogens is 291 g/mol. The fraction of sp³-hybridized carbons (Fsp3) is 0.312. The predicted molar refractivity (Wildman–Crippen MR) is 85.7 cm³/mol. The van der Waals surface area contributed by atoms with Gasteiger partial charge >= 0.3 is 0 Å². The van der Waals surface area contributed by atoms with Crippen molar-refractivity contribution in [2.45, 2.75) is 26.3 Å². The molecule has 4 heteroatoms. The van der Waals surface area contributed by atoms with E-state index in [4.69, 9.17) is 23.2 Å². The van der Waals surface area contributed by atoms with Gasteiger partial charge < -0.3 is 5.32 Å². The maximum absolute atomic E-state index is 6.26. The summed E-state index contributed by atoms with van der Waals surface area (Å²) in [5.41, 5.74) is 4.20. The Morgan fingerprint density at radius 2 is 1.75 bits per heavy atom. The Labute approximate surface area is 130 Å². The molecule has 1 aromatic carbocycles. The minimum absolute atomic E-state index is 0.139. The highest BCUT2D eigenvalue weighted by molar-refractivity contribution is 6.36. The first kappa shape index (κ1) is 15.3. The van der Waals surface area contributed by atoms with Gasteiger partial charge in [-0.15, -0.1) is 0 Å². The first-order valence-electron chi connectivity index (χ1n) is 6.57. The van der Waals surface area contributed by atoms with E-state index in [0.29, 0.717) is 10.0 Å². The van der Waals surface area contributed by atoms with Crippen molar-refractivity contribution < 1.29 is 0 Å². The van der Waals surface area contributed by atoms with Gasteiger partial charge in [0.15, 0.2) is 0 Å². The molecule has 106 valence electrons. The minimum Gasteiger partial charge on any atom is -0.313 e. The maximum atomic E-state index is 6.26. The molecule has 1 unspecified atom stereocenters. The van der Waals surface area contributed by atoms with Crippen LogP contribution in [-0.2, 0) is 6.42 Å². The summed E-state index contributed by atoms with van der Waals surface area (Å²) >= 11 is 12.5. The normalized spacial score (nSPS) is 12.4. The molecule has 0 aliphatic heterocycles. The largest absolute Gasteiger partial charge is 0.313 e. The van der Waals surface area contributed by atoms with Gasteiger partial charge in [-0.1, -0.05) is 35.3 Å². The van der Waals surface area contributed by atoms with Gasteiger partial charge in [0.2, 0.25) is 0 Å². The van der Waals surface area contributed by atoms with E-state index in [1.807, 2.05) is 45.2 Å². The van der Waals surface area contributed by atoms with Crippen molar-refractivity contribution in [2.24, 2.45) is 0 Å². The van der Waals surface area contributed by atoms with Gasteiger partial charge in [-0.05, 0) is 56.6 Å². The molecule has 1 N–H and O–H groups in total. The minimum atomic E-state index is 0.139. The second-order valence-electron chi connectivity index (χ2n) is 4.87. The number of nitrogens with one attached hydrogen (secondary N) is 1. The van der Waals surface area contributed by atoms with Crippen LogP contribution in [0, 0.1) is 13.8 Å². The highest BCUT2D eigenvalue weighted by Gasteiger charge is 2.16. The number of likely N-dealkylation sites (N-methyl/N-ethyl adjacent to an activating group) is 1. The Morgan fingerprint density at radius 1 is 1.10 bits per heavy atom. The fourth-order valence-electron chi connectivity index (χ4n) is 2.36. The third kappa shape index (κ3) is 3.32. The Morgan fingerprint density at radius 3 is 2.30 bits per heavy atom. The van der Waals surface area contributed by atoms with E-state index in [1.165, 1.54) is 5.56 Å². The number of benzene rings is 1. The lowest BCUT2D eigenvalue weighted by Gasteiger charge is -2.20. The summed E-state index contributed by atoms with van der Waals surface area (Å²) in [6, 6.07) is 9.89. The van der Waals surface area contributed by atoms with Crippen LogP contribution in [-0.4, -0.2) is 12.0 Å². The average Bonchev–Trinajstić information content (AvgIpc) is 2.40. The number of hydrogen-bond donors (Lipinski definition) is 1. The molecule has 0 fully saturated rings. The second kappa shape index (κ2) is 6.57. The molecule has 0 aliphatic carbocycles. The van der Waals surface area contributed by atoms with Crippen LogP contribution in [0.3, 0.4) is 0 Å². The number of halogens is 2. The summed E-state index contributed by atoms with van der Waals surface area (Å²) in [5.74, 6) is 0. The van der Waals surface area contributed by atoms with Gasteiger partial charge in [0.1, 0.15) is 0 Å². The molecule has 0 radical (unpaired) electrons. The van der Waals surface area contributed by atoms with Crippen LogP contribution in [0.5, 0.6) is 0 Å². The molecule has 0 saturated heterocycles. The second-order valence-corrected chi connectivity index (χ2v) is 5.69. The van der Waals surface area contributed by atoms with Crippen molar-refractivity contribution in [3.63, 3.8) is 0 Å². The van der Waals surface area contributed by atoms with E-state index >= 15 is 0 Å². The van der Waals surface area contributed by atoms with Gasteiger partial charge in [0, 0.05) is 27.5 Å². The standard InChI is InChI=1S/C16H18Cl2N2/c1-10-7-8-12(11(2)20-10)16(19-3)9-13-14(17)5-4-6-15(13)18/h4-8,16,19H,9H2,1-3H3. The van der Waals surface area contributed by atoms with Crippen LogP contribution in [0.4, 0.5) is 0 Å². The summed E-state index contributed by atoms with van der Waals surface area (Å²) in [4.78, 5) is 4.52. The zero-order chi connectivity index (χ0) is 14.7. The lowest BCUT2D eigenvalue weighted by atomic mass is 9.97. The molecule has 1 atom stereocenters. The molecule has 2 aromatic rings. The molecule has 0 aliphatic rings. The van der Waals surface area contributed by atoms with Gasteiger partial charge in [-0.25, -0.2) is 0 Å². The molecule has 20 heavy (non-hydrogen) atoms. The first-order valence-corrected chi connectivity index (χ1v) is 7.32. The van der Waals surface area contributed by atoms with Crippen molar-refractivity contribution in [2.75, 3.05) is 7.05 Å². The maximum Gasteiger partial charge on any atom is 0.0453 e. The summed E-state index contributed by atoms with van der Waals surface area (Å²) in [6.45, 7) is 4.02. The Balaban J connectivity index is 2.34. The smallest absolute Gasteiger partial charge is 0.0453 e. The third-order valence-corrected chi connectivity index (χ3v) is 4.17. The van der Waals surface area contributed by atoms with Gasteiger partial charge in [-0.3, -0.25) is 4.98 Å². The summed E-state index contributed by atoms with van der Waals surface area (Å²) in [7, 11) is 1.94. The average molecular weight is 309 g/mol. The number of pyridine rings is 1. The lowest BCUT2D eigenvalue weighted by Crippen LogP contribution is -2.20. The molecule has 0 saturated carbocycles. The summed E-state index contributed by atoms with van der Waals surface area (Å²) < 4.78 is 0. The van der Waals surface area contributed by atoms with Gasteiger partial charge in [0.25, 0.3) is 0 Å². The highest BCUT2D eigenvalue weighted by atomic mass is 35.5. The summed E-state index contributed by atoms with van der Waals surface area (Å²) in [6.07, 6.45) is 0.737. The molecule has 0 bridgehead atoms. The zero-order valence-corrected chi connectivity index (χ0v) is 13.4. The van der Waals surface area contributed by atoms with Gasteiger partial charge in [0.05, 0.1) is 0 Å². The number of aryl methyl sites for hydroxylation is 2. The Hall–Kier alpha value is -1.09. The van der Waals surface area contributed by atoms with E-state index in [-0.39, 0.29) is 6.04 Å². The van der Waals surface area contributed by atoms with Crippen LogP contribution in [0.15, 0.2) is 30.3 Å². The van der Waals surface area contributed by atoms with Crippen LogP contribution in [0.1, 0.15) is 28.6 Å². The summed E-state index contributed by atoms with van der Waals surface area (Å²) in [5, 5.41) is 4.73. The van der Waals surface area contributed by atoms with E-state index in [9.17, 15) is 0 Å². The monoisotopic (exact) mass is 308 g/mol. The topological polar surface area (TPSA) is 24.9 Å². The van der Waals surface area contributed by atoms with Crippen LogP contribution >= 0.6 is 23.2 Å². The fourth-order valence-corrected chi connectivity index (χ4v) is 2.92. The third-order valence-electron chi connectivity index (χ3n) is 3.46.